The van der Waals surface area contributed by atoms with Gasteiger partial charge < -0.3 is 5.32 Å². The monoisotopic (exact) mass is 339 g/mol. The summed E-state index contributed by atoms with van der Waals surface area (Å²) < 4.78 is 1.72. The van der Waals surface area contributed by atoms with E-state index in [1.807, 2.05) is 6.07 Å². The van der Waals surface area contributed by atoms with Gasteiger partial charge in [0, 0.05) is 22.5 Å². The smallest absolute Gasteiger partial charge is 0.225 e. The van der Waals surface area contributed by atoms with E-state index in [1.54, 1.807) is 29.1 Å². The van der Waals surface area contributed by atoms with Crippen LogP contribution in [0, 0.1) is 0 Å². The van der Waals surface area contributed by atoms with Crippen LogP contribution in [-0.2, 0) is 11.3 Å². The van der Waals surface area contributed by atoms with E-state index in [2.05, 4.69) is 17.3 Å². The van der Waals surface area contributed by atoms with Crippen LogP contribution in [0.3, 0.4) is 0 Å². The van der Waals surface area contributed by atoms with Crippen molar-refractivity contribution in [1.29, 1.82) is 0 Å². The summed E-state index contributed by atoms with van der Waals surface area (Å²) in [6.45, 7) is 2.59. The first-order valence-corrected chi connectivity index (χ1v) is 8.11. The molecule has 0 atom stereocenters. The molecule has 6 heteroatoms. The van der Waals surface area contributed by atoms with Gasteiger partial charge in [-0.15, -0.1) is 0 Å². The Hall–Kier alpha value is -1.52. The van der Waals surface area contributed by atoms with E-state index in [9.17, 15) is 4.79 Å². The molecule has 118 valence electrons. The Bertz CT molecular complexity index is 640. The van der Waals surface area contributed by atoms with Crippen LogP contribution in [0.15, 0.2) is 30.5 Å². The van der Waals surface area contributed by atoms with Crippen LogP contribution in [0.4, 0.5) is 5.82 Å². The van der Waals surface area contributed by atoms with Crippen molar-refractivity contribution >= 4 is 34.9 Å². The summed E-state index contributed by atoms with van der Waals surface area (Å²) in [5.74, 6) is 0.685. The van der Waals surface area contributed by atoms with Gasteiger partial charge in [-0.1, -0.05) is 49.0 Å². The quantitative estimate of drug-likeness (QED) is 0.739. The molecule has 2 rings (SSSR count). The number of unbranched alkanes of at least 4 members (excludes halogenated alkanes) is 2. The number of amides is 1. The van der Waals surface area contributed by atoms with E-state index in [4.69, 9.17) is 23.2 Å². The van der Waals surface area contributed by atoms with Crippen LogP contribution in [0.1, 0.15) is 38.2 Å². The van der Waals surface area contributed by atoms with Crippen molar-refractivity contribution in [2.75, 3.05) is 5.32 Å². The van der Waals surface area contributed by atoms with E-state index in [-0.39, 0.29) is 5.91 Å². The molecular formula is C16H19Cl2N3O. The molecule has 0 unspecified atom stereocenters. The molecule has 1 aromatic carbocycles. The fourth-order valence-corrected chi connectivity index (χ4v) is 2.59. The van der Waals surface area contributed by atoms with Crippen molar-refractivity contribution in [3.63, 3.8) is 0 Å². The van der Waals surface area contributed by atoms with Gasteiger partial charge in [0.15, 0.2) is 0 Å². The van der Waals surface area contributed by atoms with Crippen LogP contribution in [-0.4, -0.2) is 15.7 Å². The number of halogens is 2. The number of nitrogens with one attached hydrogen (secondary N) is 1. The highest BCUT2D eigenvalue weighted by atomic mass is 35.5. The summed E-state index contributed by atoms with van der Waals surface area (Å²) >= 11 is 12.1. The molecule has 0 aliphatic heterocycles. The standard InChI is InChI=1S/C16H19Cl2N3O/c1-2-3-4-5-16(22)20-15-8-9-19-21(15)11-12-6-7-13(17)10-14(12)18/h6-10H,2-5,11H2,1H3,(H,20,22). The first kappa shape index (κ1) is 16.8. The summed E-state index contributed by atoms with van der Waals surface area (Å²) in [7, 11) is 0. The highest BCUT2D eigenvalue weighted by molar-refractivity contribution is 6.35. The summed E-state index contributed by atoms with van der Waals surface area (Å²) in [5, 5.41) is 8.31. The molecular weight excluding hydrogens is 321 g/mol. The van der Waals surface area contributed by atoms with E-state index in [0.29, 0.717) is 28.8 Å². The Kier molecular flexibility index (Phi) is 6.28. The lowest BCUT2D eigenvalue weighted by molar-refractivity contribution is -0.116. The minimum absolute atomic E-state index is 0.0115. The maximum atomic E-state index is 11.9. The minimum Gasteiger partial charge on any atom is -0.311 e. The SMILES string of the molecule is CCCCCC(=O)Nc1ccnn1Cc1ccc(Cl)cc1Cl. The number of aromatic nitrogens is 2. The second-order valence-electron chi connectivity index (χ2n) is 5.12. The van der Waals surface area contributed by atoms with Crippen molar-refractivity contribution in [3.8, 4) is 0 Å². The van der Waals surface area contributed by atoms with Gasteiger partial charge in [-0.25, -0.2) is 4.68 Å². The Balaban J connectivity index is 2.01. The molecule has 0 spiro atoms. The summed E-state index contributed by atoms with van der Waals surface area (Å²) in [4.78, 5) is 11.9. The molecule has 0 bridgehead atoms. The molecule has 2 aromatic rings. The highest BCUT2D eigenvalue weighted by Crippen LogP contribution is 2.22. The summed E-state index contributed by atoms with van der Waals surface area (Å²) in [6, 6.07) is 7.13. The fraction of sp³-hybridized carbons (Fsp3) is 0.375. The van der Waals surface area contributed by atoms with Gasteiger partial charge in [-0.3, -0.25) is 4.79 Å². The van der Waals surface area contributed by atoms with Gasteiger partial charge >= 0.3 is 0 Å². The van der Waals surface area contributed by atoms with Crippen LogP contribution < -0.4 is 5.32 Å². The molecule has 1 amide bonds. The van der Waals surface area contributed by atoms with Crippen molar-refractivity contribution in [2.45, 2.75) is 39.2 Å². The van der Waals surface area contributed by atoms with E-state index >= 15 is 0 Å². The first-order valence-electron chi connectivity index (χ1n) is 7.35. The van der Waals surface area contributed by atoms with Gasteiger partial charge in [-0.2, -0.15) is 5.10 Å². The molecule has 1 aromatic heterocycles. The first-order chi connectivity index (χ1) is 10.6. The van der Waals surface area contributed by atoms with Gasteiger partial charge in [0.25, 0.3) is 0 Å². The molecule has 0 aliphatic rings. The third-order valence-electron chi connectivity index (χ3n) is 3.33. The number of nitrogens with zero attached hydrogens (tertiary/aromatic N) is 2. The maximum Gasteiger partial charge on any atom is 0.225 e. The molecule has 1 heterocycles. The molecule has 0 saturated carbocycles. The van der Waals surface area contributed by atoms with E-state index in [0.717, 1.165) is 24.8 Å². The van der Waals surface area contributed by atoms with Crippen LogP contribution in [0.5, 0.6) is 0 Å². The fourth-order valence-electron chi connectivity index (χ4n) is 2.12. The second-order valence-corrected chi connectivity index (χ2v) is 5.96. The zero-order valence-electron chi connectivity index (χ0n) is 12.5. The Morgan fingerprint density at radius 2 is 2.09 bits per heavy atom. The molecule has 22 heavy (non-hydrogen) atoms. The van der Waals surface area contributed by atoms with Gasteiger partial charge in [0.05, 0.1) is 12.7 Å². The number of carbonyl (C=O) groups is 1. The van der Waals surface area contributed by atoms with Crippen LogP contribution in [0.25, 0.3) is 0 Å². The topological polar surface area (TPSA) is 46.9 Å². The number of rotatable bonds is 7. The third-order valence-corrected chi connectivity index (χ3v) is 3.91. The number of benzene rings is 1. The van der Waals surface area contributed by atoms with Crippen LogP contribution >= 0.6 is 23.2 Å². The van der Waals surface area contributed by atoms with Crippen molar-refractivity contribution < 1.29 is 4.79 Å². The van der Waals surface area contributed by atoms with Crippen molar-refractivity contribution in [1.82, 2.24) is 9.78 Å². The maximum absolute atomic E-state index is 11.9. The number of hydrogen-bond acceptors (Lipinski definition) is 2. The average Bonchev–Trinajstić information content (AvgIpc) is 2.89. The Morgan fingerprint density at radius 1 is 1.27 bits per heavy atom. The molecule has 0 aliphatic carbocycles. The highest BCUT2D eigenvalue weighted by Gasteiger charge is 2.09. The number of anilines is 1. The zero-order valence-corrected chi connectivity index (χ0v) is 14.0. The number of carbonyl (C=O) groups excluding carboxylic acids is 1. The molecule has 0 saturated heterocycles. The lowest BCUT2D eigenvalue weighted by Gasteiger charge is -2.10. The number of hydrogen-bond donors (Lipinski definition) is 1. The summed E-state index contributed by atoms with van der Waals surface area (Å²) in [5.41, 5.74) is 0.899. The lowest BCUT2D eigenvalue weighted by Crippen LogP contribution is -2.15. The van der Waals surface area contributed by atoms with Gasteiger partial charge in [0.2, 0.25) is 5.91 Å². The zero-order chi connectivity index (χ0) is 15.9. The van der Waals surface area contributed by atoms with E-state index < -0.39 is 0 Å². The molecule has 1 N–H and O–H groups in total. The largest absolute Gasteiger partial charge is 0.311 e. The van der Waals surface area contributed by atoms with Gasteiger partial charge in [-0.05, 0) is 24.1 Å². The predicted octanol–water partition coefficient (Wildman–Crippen LogP) is 4.76. The van der Waals surface area contributed by atoms with Crippen molar-refractivity contribution in [2.24, 2.45) is 0 Å². The predicted molar refractivity (Wildman–Crippen MR) is 90.6 cm³/mol. The summed E-state index contributed by atoms with van der Waals surface area (Å²) in [6.07, 6.45) is 5.25. The van der Waals surface area contributed by atoms with Crippen LogP contribution in [0.2, 0.25) is 10.0 Å². The second kappa shape index (κ2) is 8.20. The molecule has 4 nitrogen and oxygen atoms in total. The Labute approximate surface area is 140 Å². The third kappa shape index (κ3) is 4.75. The average molecular weight is 340 g/mol. The van der Waals surface area contributed by atoms with Gasteiger partial charge in [0.1, 0.15) is 5.82 Å². The minimum atomic E-state index is 0.0115. The van der Waals surface area contributed by atoms with Crippen molar-refractivity contribution in [3.05, 3.63) is 46.1 Å². The lowest BCUT2D eigenvalue weighted by atomic mass is 10.2. The Morgan fingerprint density at radius 3 is 2.82 bits per heavy atom. The molecule has 0 radical (unpaired) electrons. The molecule has 0 fully saturated rings. The van der Waals surface area contributed by atoms with E-state index in [1.165, 1.54) is 0 Å². The normalized spacial score (nSPS) is 10.7.